The Morgan fingerprint density at radius 3 is 2.60 bits per heavy atom. The van der Waals surface area contributed by atoms with Gasteiger partial charge < -0.3 is 10.5 Å². The molecule has 2 rings (SSSR count). The highest BCUT2D eigenvalue weighted by Gasteiger charge is 2.14. The zero-order chi connectivity index (χ0) is 14.7. The summed E-state index contributed by atoms with van der Waals surface area (Å²) < 4.78 is 5.90. The van der Waals surface area contributed by atoms with E-state index in [1.165, 1.54) is 0 Å². The number of hydrogen-bond donors (Lipinski definition) is 1. The second-order valence-corrected chi connectivity index (χ2v) is 5.31. The summed E-state index contributed by atoms with van der Waals surface area (Å²) in [5, 5.41) is 0. The molecule has 5 heteroatoms. The molecule has 2 N–H and O–H groups in total. The SMILES string of the molecule is Cc1ccc(C(C)C)c(Oc2nccnc2C(N)=S)c1. The van der Waals surface area contributed by atoms with E-state index in [4.69, 9.17) is 22.7 Å². The van der Waals surface area contributed by atoms with E-state index in [0.29, 0.717) is 17.5 Å². The third kappa shape index (κ3) is 3.11. The predicted molar refractivity (Wildman–Crippen MR) is 83.3 cm³/mol. The number of benzene rings is 1. The second-order valence-electron chi connectivity index (χ2n) is 4.87. The van der Waals surface area contributed by atoms with Gasteiger partial charge in [0.2, 0.25) is 5.88 Å². The van der Waals surface area contributed by atoms with Crippen molar-refractivity contribution in [2.24, 2.45) is 5.73 Å². The van der Waals surface area contributed by atoms with Crippen LogP contribution in [0.5, 0.6) is 11.6 Å². The summed E-state index contributed by atoms with van der Waals surface area (Å²) in [5.74, 6) is 1.45. The largest absolute Gasteiger partial charge is 0.437 e. The fourth-order valence-electron chi connectivity index (χ4n) is 1.88. The maximum absolute atomic E-state index is 5.90. The lowest BCUT2D eigenvalue weighted by Gasteiger charge is -2.15. The van der Waals surface area contributed by atoms with Gasteiger partial charge in [0.15, 0.2) is 5.69 Å². The molecule has 0 amide bonds. The first-order valence-electron chi connectivity index (χ1n) is 6.38. The van der Waals surface area contributed by atoms with Crippen LogP contribution < -0.4 is 10.5 Å². The fourth-order valence-corrected chi connectivity index (χ4v) is 2.02. The van der Waals surface area contributed by atoms with Gasteiger partial charge in [-0.3, -0.25) is 0 Å². The van der Waals surface area contributed by atoms with Crippen molar-refractivity contribution in [2.45, 2.75) is 26.7 Å². The van der Waals surface area contributed by atoms with Crippen molar-refractivity contribution in [1.29, 1.82) is 0 Å². The number of thiocarbonyl (C=S) groups is 1. The molecular formula is C15H17N3OS. The molecule has 1 aromatic heterocycles. The van der Waals surface area contributed by atoms with Gasteiger partial charge in [0, 0.05) is 12.4 Å². The summed E-state index contributed by atoms with van der Waals surface area (Å²) >= 11 is 4.97. The zero-order valence-electron chi connectivity index (χ0n) is 11.8. The minimum absolute atomic E-state index is 0.173. The highest BCUT2D eigenvalue weighted by molar-refractivity contribution is 7.80. The van der Waals surface area contributed by atoms with Crippen molar-refractivity contribution >= 4 is 17.2 Å². The molecule has 0 unspecified atom stereocenters. The standard InChI is InChI=1S/C15H17N3OS/c1-9(2)11-5-4-10(3)8-12(11)19-15-13(14(16)20)17-6-7-18-15/h4-9H,1-3H3,(H2,16,20). The Hall–Kier alpha value is -2.01. The summed E-state index contributed by atoms with van der Waals surface area (Å²) in [5.41, 5.74) is 8.27. The maximum Gasteiger partial charge on any atom is 0.248 e. The van der Waals surface area contributed by atoms with E-state index < -0.39 is 0 Å². The van der Waals surface area contributed by atoms with Gasteiger partial charge in [-0.25, -0.2) is 9.97 Å². The molecule has 1 heterocycles. The van der Waals surface area contributed by atoms with Crippen molar-refractivity contribution in [3.8, 4) is 11.6 Å². The van der Waals surface area contributed by atoms with Crippen LogP contribution in [-0.2, 0) is 0 Å². The molecule has 1 aromatic carbocycles. The number of aromatic nitrogens is 2. The summed E-state index contributed by atoms with van der Waals surface area (Å²) in [6.07, 6.45) is 3.10. The number of nitrogens with zero attached hydrogens (tertiary/aromatic N) is 2. The van der Waals surface area contributed by atoms with Crippen molar-refractivity contribution in [3.05, 3.63) is 47.4 Å². The molecule has 20 heavy (non-hydrogen) atoms. The molecular weight excluding hydrogens is 270 g/mol. The Morgan fingerprint density at radius 2 is 1.95 bits per heavy atom. The van der Waals surface area contributed by atoms with E-state index in [2.05, 4.69) is 35.9 Å². The summed E-state index contributed by atoms with van der Waals surface area (Å²) in [6.45, 7) is 6.24. The average Bonchev–Trinajstić information content (AvgIpc) is 2.38. The number of aryl methyl sites for hydroxylation is 1. The zero-order valence-corrected chi connectivity index (χ0v) is 12.6. The first-order chi connectivity index (χ1) is 9.49. The molecule has 0 atom stereocenters. The Labute approximate surface area is 124 Å². The summed E-state index contributed by atoms with van der Waals surface area (Å²) in [6, 6.07) is 6.10. The normalized spacial score (nSPS) is 10.6. The highest BCUT2D eigenvalue weighted by Crippen LogP contribution is 2.31. The number of hydrogen-bond acceptors (Lipinski definition) is 4. The van der Waals surface area contributed by atoms with Gasteiger partial charge in [0.25, 0.3) is 0 Å². The van der Waals surface area contributed by atoms with Crippen LogP contribution in [0.4, 0.5) is 0 Å². The molecule has 0 saturated heterocycles. The Kier molecular flexibility index (Phi) is 4.29. The molecule has 0 bridgehead atoms. The number of ether oxygens (including phenoxy) is 1. The lowest BCUT2D eigenvalue weighted by Crippen LogP contribution is -2.13. The highest BCUT2D eigenvalue weighted by atomic mass is 32.1. The van der Waals surface area contributed by atoms with Crippen LogP contribution in [0.25, 0.3) is 0 Å². The van der Waals surface area contributed by atoms with E-state index in [9.17, 15) is 0 Å². The van der Waals surface area contributed by atoms with Gasteiger partial charge in [-0.05, 0) is 30.0 Å². The van der Waals surface area contributed by atoms with Crippen LogP contribution in [0.15, 0.2) is 30.6 Å². The van der Waals surface area contributed by atoms with Crippen LogP contribution in [0.1, 0.15) is 36.6 Å². The van der Waals surface area contributed by atoms with E-state index >= 15 is 0 Å². The topological polar surface area (TPSA) is 61.0 Å². The fraction of sp³-hybridized carbons (Fsp3) is 0.267. The van der Waals surface area contributed by atoms with Crippen LogP contribution in [-0.4, -0.2) is 15.0 Å². The lowest BCUT2D eigenvalue weighted by atomic mass is 10.0. The van der Waals surface area contributed by atoms with Crippen LogP contribution in [0.2, 0.25) is 0 Å². The van der Waals surface area contributed by atoms with E-state index in [1.54, 1.807) is 12.4 Å². The van der Waals surface area contributed by atoms with Gasteiger partial charge in [-0.1, -0.05) is 38.2 Å². The third-order valence-electron chi connectivity index (χ3n) is 2.90. The van der Waals surface area contributed by atoms with E-state index in [1.807, 2.05) is 13.0 Å². The van der Waals surface area contributed by atoms with E-state index in [-0.39, 0.29) is 4.99 Å². The molecule has 0 aliphatic heterocycles. The van der Waals surface area contributed by atoms with Crippen LogP contribution >= 0.6 is 12.2 Å². The Balaban J connectivity index is 2.45. The predicted octanol–water partition coefficient (Wildman–Crippen LogP) is 3.33. The molecule has 0 radical (unpaired) electrons. The smallest absolute Gasteiger partial charge is 0.248 e. The molecule has 0 saturated carbocycles. The second kappa shape index (κ2) is 5.96. The maximum atomic E-state index is 5.90. The molecule has 4 nitrogen and oxygen atoms in total. The van der Waals surface area contributed by atoms with Crippen LogP contribution in [0.3, 0.4) is 0 Å². The number of nitrogens with two attached hydrogens (primary N) is 1. The Morgan fingerprint density at radius 1 is 1.25 bits per heavy atom. The summed E-state index contributed by atoms with van der Waals surface area (Å²) in [7, 11) is 0. The average molecular weight is 287 g/mol. The van der Waals surface area contributed by atoms with E-state index in [0.717, 1.165) is 16.9 Å². The van der Waals surface area contributed by atoms with Gasteiger partial charge in [0.05, 0.1) is 0 Å². The first-order valence-corrected chi connectivity index (χ1v) is 6.79. The van der Waals surface area contributed by atoms with Gasteiger partial charge in [0.1, 0.15) is 10.7 Å². The van der Waals surface area contributed by atoms with Gasteiger partial charge >= 0.3 is 0 Å². The third-order valence-corrected chi connectivity index (χ3v) is 3.09. The lowest BCUT2D eigenvalue weighted by molar-refractivity contribution is 0.450. The molecule has 0 aliphatic carbocycles. The van der Waals surface area contributed by atoms with Crippen molar-refractivity contribution in [3.63, 3.8) is 0 Å². The Bertz CT molecular complexity index is 641. The van der Waals surface area contributed by atoms with Gasteiger partial charge in [-0.15, -0.1) is 0 Å². The minimum atomic E-state index is 0.173. The quantitative estimate of drug-likeness (QED) is 0.874. The molecule has 0 fully saturated rings. The first kappa shape index (κ1) is 14.4. The minimum Gasteiger partial charge on any atom is -0.437 e. The molecule has 104 valence electrons. The van der Waals surface area contributed by atoms with Gasteiger partial charge in [-0.2, -0.15) is 0 Å². The summed E-state index contributed by atoms with van der Waals surface area (Å²) in [4.78, 5) is 8.46. The molecule has 0 aliphatic rings. The molecule has 2 aromatic rings. The van der Waals surface area contributed by atoms with Crippen molar-refractivity contribution in [1.82, 2.24) is 9.97 Å². The van der Waals surface area contributed by atoms with Crippen LogP contribution in [0, 0.1) is 6.92 Å². The monoisotopic (exact) mass is 287 g/mol. The molecule has 0 spiro atoms. The van der Waals surface area contributed by atoms with Crippen molar-refractivity contribution < 1.29 is 4.74 Å². The van der Waals surface area contributed by atoms with Crippen molar-refractivity contribution in [2.75, 3.05) is 0 Å². The number of rotatable bonds is 4.